The minimum absolute atomic E-state index is 0.331. The normalized spacial score (nSPS) is 11.3. The molecule has 0 bridgehead atoms. The third-order valence-corrected chi connectivity index (χ3v) is 9.31. The summed E-state index contributed by atoms with van der Waals surface area (Å²) in [5.74, 6) is 0.662. The lowest BCUT2D eigenvalue weighted by Crippen LogP contribution is -1.94. The minimum atomic E-state index is 0.331. The first kappa shape index (κ1) is 33.6. The summed E-state index contributed by atoms with van der Waals surface area (Å²) in [6, 6.07) is 11.8. The lowest BCUT2D eigenvalue weighted by Gasteiger charge is -2.15. The van der Waals surface area contributed by atoms with E-state index in [4.69, 9.17) is 0 Å². The molecule has 0 heterocycles. The molecule has 0 radical (unpaired) electrons. The van der Waals surface area contributed by atoms with Crippen LogP contribution in [0.4, 0.5) is 0 Å². The molecule has 3 heteroatoms. The van der Waals surface area contributed by atoms with Gasteiger partial charge in [-0.25, -0.2) is 0 Å². The Morgan fingerprint density at radius 2 is 0.744 bits per heavy atom. The van der Waals surface area contributed by atoms with E-state index < -0.39 is 0 Å². The molecule has 0 spiro atoms. The molecule has 0 aliphatic carbocycles. The van der Waals surface area contributed by atoms with Crippen molar-refractivity contribution in [2.45, 2.75) is 165 Å². The Bertz CT molecular complexity index is 807. The predicted octanol–water partition coefficient (Wildman–Crippen LogP) is 12.2. The molecular weight excluding hydrogens is 496 g/mol. The maximum atomic E-state index is 10.8. The number of hydrogen-bond acceptors (Lipinski definition) is 3. The van der Waals surface area contributed by atoms with Gasteiger partial charge in [-0.1, -0.05) is 165 Å². The van der Waals surface area contributed by atoms with E-state index in [1.807, 2.05) is 12.1 Å². The van der Waals surface area contributed by atoms with Crippen LogP contribution < -0.4 is 0 Å². The molecule has 0 aromatic heterocycles. The number of hydrogen-bond donors (Lipinski definition) is 2. The fourth-order valence-corrected chi connectivity index (χ4v) is 6.63. The zero-order valence-electron chi connectivity index (χ0n) is 25.3. The van der Waals surface area contributed by atoms with Crippen LogP contribution in [0, 0.1) is 0 Å². The van der Waals surface area contributed by atoms with E-state index in [1.54, 1.807) is 23.9 Å². The van der Waals surface area contributed by atoms with Crippen molar-refractivity contribution >= 4 is 11.8 Å². The lowest BCUT2D eigenvalue weighted by atomic mass is 10.0. The molecule has 2 nitrogen and oxygen atoms in total. The molecule has 0 amide bonds. The molecule has 0 saturated heterocycles. The van der Waals surface area contributed by atoms with Gasteiger partial charge in [0.15, 0.2) is 0 Å². The number of benzene rings is 2. The highest BCUT2D eigenvalue weighted by Gasteiger charge is 2.15. The molecule has 2 aromatic carbocycles. The van der Waals surface area contributed by atoms with E-state index in [9.17, 15) is 10.2 Å². The van der Waals surface area contributed by atoms with E-state index in [2.05, 4.69) is 26.0 Å². The van der Waals surface area contributed by atoms with Gasteiger partial charge in [0.2, 0.25) is 0 Å². The highest BCUT2D eigenvalue weighted by molar-refractivity contribution is 7.99. The summed E-state index contributed by atoms with van der Waals surface area (Å²) in [4.78, 5) is 1.83. The Morgan fingerprint density at radius 3 is 1.08 bits per heavy atom. The zero-order chi connectivity index (χ0) is 28.0. The highest BCUT2D eigenvalue weighted by Crippen LogP contribution is 2.43. The van der Waals surface area contributed by atoms with Gasteiger partial charge in [-0.05, 0) is 48.9 Å². The van der Waals surface area contributed by atoms with Crippen LogP contribution in [-0.4, -0.2) is 10.2 Å². The van der Waals surface area contributed by atoms with Crippen LogP contribution in [0.3, 0.4) is 0 Å². The summed E-state index contributed by atoms with van der Waals surface area (Å²) in [5, 5.41) is 21.5. The lowest BCUT2D eigenvalue weighted by molar-refractivity contribution is 0.457. The van der Waals surface area contributed by atoms with Gasteiger partial charge in [0.05, 0.1) is 9.79 Å². The first-order valence-electron chi connectivity index (χ1n) is 16.5. The van der Waals surface area contributed by atoms with Gasteiger partial charge in [-0.15, -0.1) is 0 Å². The molecule has 0 saturated carbocycles. The van der Waals surface area contributed by atoms with Gasteiger partial charge in [-0.2, -0.15) is 0 Å². The summed E-state index contributed by atoms with van der Waals surface area (Å²) in [5.41, 5.74) is 2.40. The topological polar surface area (TPSA) is 40.5 Å². The van der Waals surface area contributed by atoms with E-state index in [0.717, 1.165) is 35.5 Å². The fourth-order valence-electron chi connectivity index (χ4n) is 5.48. The molecule has 2 N–H and O–H groups in total. The van der Waals surface area contributed by atoms with Crippen LogP contribution in [-0.2, 0) is 12.8 Å². The monoisotopic (exact) mass is 554 g/mol. The van der Waals surface area contributed by atoms with Gasteiger partial charge in [0.25, 0.3) is 0 Å². The van der Waals surface area contributed by atoms with Gasteiger partial charge in [-0.3, -0.25) is 0 Å². The molecule has 0 atom stereocenters. The van der Waals surface area contributed by atoms with Crippen LogP contribution in [0.5, 0.6) is 11.5 Å². The van der Waals surface area contributed by atoms with Gasteiger partial charge >= 0.3 is 0 Å². The average molecular weight is 555 g/mol. The number of unbranched alkanes of at least 4 members (excludes halogenated alkanes) is 18. The van der Waals surface area contributed by atoms with Crippen LogP contribution in [0.25, 0.3) is 0 Å². The molecular formula is C36H58O2S. The van der Waals surface area contributed by atoms with Gasteiger partial charge in [0.1, 0.15) is 11.5 Å². The second-order valence-corrected chi connectivity index (χ2v) is 12.5. The molecule has 220 valence electrons. The van der Waals surface area contributed by atoms with Crippen molar-refractivity contribution in [3.05, 3.63) is 47.5 Å². The standard InChI is InChI=1S/C36H58O2S/c1-3-5-7-9-11-13-15-17-19-21-25-31-27-23-29-33(37)35(31)39-36-32(28-24-30-34(36)38)26-22-20-18-16-14-12-10-8-6-4-2/h23-24,27-30,37-38H,3-22,25-26H2,1-2H3. The number of phenolic OH excluding ortho intramolecular Hbond substituents is 2. The minimum Gasteiger partial charge on any atom is -0.507 e. The van der Waals surface area contributed by atoms with Crippen molar-refractivity contribution in [1.82, 2.24) is 0 Å². The molecule has 39 heavy (non-hydrogen) atoms. The van der Waals surface area contributed by atoms with Crippen LogP contribution in [0.1, 0.15) is 153 Å². The molecule has 0 fully saturated rings. The second kappa shape index (κ2) is 22.1. The number of rotatable bonds is 24. The van der Waals surface area contributed by atoms with Crippen molar-refractivity contribution < 1.29 is 10.2 Å². The van der Waals surface area contributed by atoms with Crippen molar-refractivity contribution in [3.8, 4) is 11.5 Å². The first-order valence-corrected chi connectivity index (χ1v) is 17.3. The maximum Gasteiger partial charge on any atom is 0.129 e. The number of aryl methyl sites for hydroxylation is 2. The van der Waals surface area contributed by atoms with Crippen molar-refractivity contribution in [1.29, 1.82) is 0 Å². The maximum absolute atomic E-state index is 10.8. The highest BCUT2D eigenvalue weighted by atomic mass is 32.2. The SMILES string of the molecule is CCCCCCCCCCCCc1cccc(O)c1Sc1c(O)cccc1CCCCCCCCCCCC. The van der Waals surface area contributed by atoms with Crippen LogP contribution >= 0.6 is 11.8 Å². The Labute approximate surface area is 245 Å². The number of aromatic hydroxyl groups is 2. The van der Waals surface area contributed by atoms with Crippen LogP contribution in [0.2, 0.25) is 0 Å². The number of phenols is 2. The third kappa shape index (κ3) is 14.5. The Kier molecular flexibility index (Phi) is 19.1. The Balaban J connectivity index is 1.79. The third-order valence-electron chi connectivity index (χ3n) is 7.96. The van der Waals surface area contributed by atoms with Crippen molar-refractivity contribution in [2.24, 2.45) is 0 Å². The summed E-state index contributed by atoms with van der Waals surface area (Å²) in [7, 11) is 0. The summed E-state index contributed by atoms with van der Waals surface area (Å²) < 4.78 is 0. The summed E-state index contributed by atoms with van der Waals surface area (Å²) >= 11 is 1.56. The fraction of sp³-hybridized carbons (Fsp3) is 0.667. The van der Waals surface area contributed by atoms with Crippen LogP contribution in [0.15, 0.2) is 46.2 Å². The zero-order valence-corrected chi connectivity index (χ0v) is 26.1. The quantitative estimate of drug-likeness (QED) is 0.127. The first-order chi connectivity index (χ1) is 19.2. The molecule has 2 aromatic rings. The molecule has 0 aliphatic heterocycles. The predicted molar refractivity (Wildman–Crippen MR) is 171 cm³/mol. The van der Waals surface area contributed by atoms with Crippen molar-refractivity contribution in [3.63, 3.8) is 0 Å². The van der Waals surface area contributed by atoms with E-state index >= 15 is 0 Å². The van der Waals surface area contributed by atoms with Gasteiger partial charge in [0, 0.05) is 0 Å². The summed E-state index contributed by atoms with van der Waals surface area (Å²) in [6.07, 6.45) is 28.5. The van der Waals surface area contributed by atoms with E-state index in [1.165, 1.54) is 127 Å². The van der Waals surface area contributed by atoms with Gasteiger partial charge < -0.3 is 10.2 Å². The van der Waals surface area contributed by atoms with E-state index in [0.29, 0.717) is 11.5 Å². The average Bonchev–Trinajstić information content (AvgIpc) is 2.93. The Hall–Kier alpha value is -1.61. The van der Waals surface area contributed by atoms with E-state index in [-0.39, 0.29) is 0 Å². The smallest absolute Gasteiger partial charge is 0.129 e. The summed E-state index contributed by atoms with van der Waals surface area (Å²) in [6.45, 7) is 4.55. The molecule has 2 rings (SSSR count). The second-order valence-electron chi connectivity index (χ2n) is 11.5. The largest absolute Gasteiger partial charge is 0.507 e. The molecule has 0 unspecified atom stereocenters. The van der Waals surface area contributed by atoms with Crippen molar-refractivity contribution in [2.75, 3.05) is 0 Å². The molecule has 0 aliphatic rings. The Morgan fingerprint density at radius 1 is 0.436 bits per heavy atom.